The maximum atomic E-state index is 5.22. The number of hydrogen-bond donors (Lipinski definition) is 0. The van der Waals surface area contributed by atoms with Crippen LogP contribution < -0.4 is 0 Å². The minimum atomic E-state index is 0.736. The summed E-state index contributed by atoms with van der Waals surface area (Å²) in [5.41, 5.74) is 8.72. The smallest absolute Gasteiger partial charge is 0.161 e. The molecular weight excluding hydrogens is 498 g/mol. The van der Waals surface area contributed by atoms with Gasteiger partial charge >= 0.3 is 0 Å². The Bertz CT molecular complexity index is 2340. The molecule has 0 fully saturated rings. The first-order chi connectivity index (χ1) is 20.3. The Kier molecular flexibility index (Phi) is 4.61. The Morgan fingerprint density at radius 3 is 1.56 bits per heavy atom. The summed E-state index contributed by atoms with van der Waals surface area (Å²) in [7, 11) is 0. The minimum Gasteiger partial charge on any atom is -0.308 e. The molecule has 0 radical (unpaired) electrons. The maximum Gasteiger partial charge on any atom is 0.161 e. The van der Waals surface area contributed by atoms with Crippen LogP contribution in [-0.2, 0) is 0 Å². The molecule has 9 aromatic rings. The van der Waals surface area contributed by atoms with Crippen LogP contribution in [0.2, 0.25) is 0 Å². The van der Waals surface area contributed by atoms with Gasteiger partial charge in [-0.2, -0.15) is 0 Å². The van der Waals surface area contributed by atoms with Crippen molar-refractivity contribution in [3.63, 3.8) is 0 Å². The van der Waals surface area contributed by atoms with E-state index < -0.39 is 0 Å². The number of aromatic nitrogens is 3. The lowest BCUT2D eigenvalue weighted by Crippen LogP contribution is -1.98. The van der Waals surface area contributed by atoms with Gasteiger partial charge in [-0.25, -0.2) is 9.97 Å². The number of hydrogen-bond acceptors (Lipinski definition) is 2. The Hall–Kier alpha value is -5.54. The van der Waals surface area contributed by atoms with Crippen molar-refractivity contribution in [1.82, 2.24) is 14.4 Å². The summed E-state index contributed by atoms with van der Waals surface area (Å²) < 4.78 is 2.44. The largest absolute Gasteiger partial charge is 0.308 e. The van der Waals surface area contributed by atoms with Gasteiger partial charge in [-0.15, -0.1) is 0 Å². The second kappa shape index (κ2) is 8.48. The average molecular weight is 522 g/mol. The number of nitrogens with zero attached hydrogens (tertiary/aromatic N) is 3. The molecule has 0 amide bonds. The van der Waals surface area contributed by atoms with Crippen LogP contribution in [0.3, 0.4) is 0 Å². The molecule has 3 aromatic heterocycles. The van der Waals surface area contributed by atoms with Crippen molar-refractivity contribution in [2.24, 2.45) is 0 Å². The van der Waals surface area contributed by atoms with Gasteiger partial charge in [0.15, 0.2) is 5.82 Å². The van der Waals surface area contributed by atoms with Gasteiger partial charge in [-0.3, -0.25) is 0 Å². The third-order valence-electron chi connectivity index (χ3n) is 8.34. The highest BCUT2D eigenvalue weighted by Gasteiger charge is 2.22. The fourth-order valence-electron chi connectivity index (χ4n) is 6.55. The number of para-hydroxylation sites is 2. The van der Waals surface area contributed by atoms with E-state index >= 15 is 0 Å². The monoisotopic (exact) mass is 521 g/mol. The predicted molar refractivity (Wildman–Crippen MR) is 171 cm³/mol. The van der Waals surface area contributed by atoms with E-state index in [-0.39, 0.29) is 0 Å². The molecule has 0 atom stereocenters. The second-order valence-corrected chi connectivity index (χ2v) is 10.6. The topological polar surface area (TPSA) is 30.2 Å². The fourth-order valence-corrected chi connectivity index (χ4v) is 6.55. The zero-order valence-electron chi connectivity index (χ0n) is 22.1. The molecule has 0 saturated carbocycles. The van der Waals surface area contributed by atoms with Crippen molar-refractivity contribution in [1.29, 1.82) is 0 Å². The quantitative estimate of drug-likeness (QED) is 0.171. The molecule has 41 heavy (non-hydrogen) atoms. The Morgan fingerprint density at radius 2 is 0.927 bits per heavy atom. The summed E-state index contributed by atoms with van der Waals surface area (Å²) in [6, 6.07) is 49.3. The van der Waals surface area contributed by atoms with E-state index in [1.54, 1.807) is 0 Å². The van der Waals surface area contributed by atoms with Crippen LogP contribution in [0.15, 0.2) is 140 Å². The third kappa shape index (κ3) is 3.20. The first-order valence-electron chi connectivity index (χ1n) is 13.9. The molecule has 0 aliphatic carbocycles. The Labute approximate surface area is 236 Å². The predicted octanol–water partition coefficient (Wildman–Crippen LogP) is 9.78. The third-order valence-corrected chi connectivity index (χ3v) is 8.34. The Morgan fingerprint density at radius 1 is 0.415 bits per heavy atom. The van der Waals surface area contributed by atoms with Gasteiger partial charge in [0.1, 0.15) is 0 Å². The Balaban J connectivity index is 1.46. The SMILES string of the molecule is c1ccc(-c2cc(-c3ccccc3)nc(-c3cc4c5ccccc5n5c6ccccc6c6cccc3c6c45)n2)cc1. The number of pyridine rings is 1. The first-order valence-corrected chi connectivity index (χ1v) is 13.9. The minimum absolute atomic E-state index is 0.736. The molecule has 0 saturated heterocycles. The van der Waals surface area contributed by atoms with Crippen LogP contribution >= 0.6 is 0 Å². The van der Waals surface area contributed by atoms with Crippen LogP contribution in [0.4, 0.5) is 0 Å². The molecular formula is C38H23N3. The van der Waals surface area contributed by atoms with Gasteiger partial charge in [-0.1, -0.05) is 115 Å². The highest BCUT2D eigenvalue weighted by atomic mass is 14.9. The first kappa shape index (κ1) is 22.3. The number of fused-ring (bicyclic) bond motifs is 6. The van der Waals surface area contributed by atoms with Gasteiger partial charge in [0.2, 0.25) is 0 Å². The van der Waals surface area contributed by atoms with Crippen molar-refractivity contribution in [2.45, 2.75) is 0 Å². The van der Waals surface area contributed by atoms with E-state index in [2.05, 4.69) is 132 Å². The molecule has 3 heteroatoms. The molecule has 190 valence electrons. The zero-order valence-corrected chi connectivity index (χ0v) is 22.1. The van der Waals surface area contributed by atoms with Crippen LogP contribution in [-0.4, -0.2) is 14.4 Å². The molecule has 0 N–H and O–H groups in total. The van der Waals surface area contributed by atoms with E-state index in [0.717, 1.165) is 39.3 Å². The van der Waals surface area contributed by atoms with Crippen LogP contribution in [0.25, 0.3) is 82.8 Å². The van der Waals surface area contributed by atoms with Crippen molar-refractivity contribution < 1.29 is 0 Å². The van der Waals surface area contributed by atoms with Gasteiger partial charge < -0.3 is 4.40 Å². The number of benzene rings is 6. The van der Waals surface area contributed by atoms with E-state index in [4.69, 9.17) is 9.97 Å². The van der Waals surface area contributed by atoms with Crippen LogP contribution in [0.5, 0.6) is 0 Å². The second-order valence-electron chi connectivity index (χ2n) is 10.6. The summed E-state index contributed by atoms with van der Waals surface area (Å²) in [5.74, 6) is 0.736. The molecule has 3 heterocycles. The average Bonchev–Trinajstić information content (AvgIpc) is 3.39. The van der Waals surface area contributed by atoms with E-state index in [9.17, 15) is 0 Å². The lowest BCUT2D eigenvalue weighted by Gasteiger charge is -2.16. The van der Waals surface area contributed by atoms with E-state index in [1.165, 1.54) is 43.5 Å². The number of rotatable bonds is 3. The van der Waals surface area contributed by atoms with Gasteiger partial charge in [0, 0.05) is 38.2 Å². The molecule has 0 bridgehead atoms. The van der Waals surface area contributed by atoms with E-state index in [0.29, 0.717) is 0 Å². The standard InChI is InChI=1S/C38H23N3/c1-3-12-24(13-4-1)32-23-33(25-14-5-2-6-15-25)40-38(39-32)31-22-30-27-17-8-10-21-35(27)41-34-20-9-7-16-26(34)28-18-11-19-29(31)36(28)37(30)41/h1-23H. The van der Waals surface area contributed by atoms with Crippen molar-refractivity contribution >= 4 is 48.9 Å². The van der Waals surface area contributed by atoms with Gasteiger partial charge in [-0.05, 0) is 35.0 Å². The summed E-state index contributed by atoms with van der Waals surface area (Å²) in [4.78, 5) is 10.4. The molecule has 3 nitrogen and oxygen atoms in total. The van der Waals surface area contributed by atoms with Crippen molar-refractivity contribution in [2.75, 3.05) is 0 Å². The van der Waals surface area contributed by atoms with Gasteiger partial charge in [0.25, 0.3) is 0 Å². The summed E-state index contributed by atoms with van der Waals surface area (Å²) in [6.07, 6.45) is 0. The lowest BCUT2D eigenvalue weighted by atomic mass is 9.94. The van der Waals surface area contributed by atoms with Gasteiger partial charge in [0.05, 0.1) is 27.9 Å². The van der Waals surface area contributed by atoms with Crippen LogP contribution in [0, 0.1) is 0 Å². The normalized spacial score (nSPS) is 11.9. The zero-order chi connectivity index (χ0) is 26.9. The van der Waals surface area contributed by atoms with Crippen LogP contribution in [0.1, 0.15) is 0 Å². The summed E-state index contributed by atoms with van der Waals surface area (Å²) in [6.45, 7) is 0. The van der Waals surface area contributed by atoms with Crippen molar-refractivity contribution in [3.8, 4) is 33.9 Å². The van der Waals surface area contributed by atoms with Crippen molar-refractivity contribution in [3.05, 3.63) is 140 Å². The lowest BCUT2D eigenvalue weighted by molar-refractivity contribution is 1.19. The molecule has 0 spiro atoms. The van der Waals surface area contributed by atoms with E-state index in [1.807, 2.05) is 12.1 Å². The molecule has 0 aliphatic rings. The fraction of sp³-hybridized carbons (Fsp3) is 0. The maximum absolute atomic E-state index is 5.22. The summed E-state index contributed by atoms with van der Waals surface area (Å²) >= 11 is 0. The highest BCUT2D eigenvalue weighted by Crippen LogP contribution is 2.44. The molecule has 0 unspecified atom stereocenters. The molecule has 0 aliphatic heterocycles. The highest BCUT2D eigenvalue weighted by molar-refractivity contribution is 6.30. The summed E-state index contributed by atoms with van der Waals surface area (Å²) in [5, 5.41) is 7.37. The molecule has 6 aromatic carbocycles. The molecule has 9 rings (SSSR count).